The van der Waals surface area contributed by atoms with E-state index in [9.17, 15) is 4.79 Å². The van der Waals surface area contributed by atoms with Crippen LogP contribution in [-0.4, -0.2) is 38.2 Å². The van der Waals surface area contributed by atoms with E-state index in [1.807, 2.05) is 37.1 Å². The topological polar surface area (TPSA) is 82.1 Å². The molecule has 1 atom stereocenters. The van der Waals surface area contributed by atoms with Gasteiger partial charge < -0.3 is 5.11 Å². The third-order valence-corrected chi connectivity index (χ3v) is 3.13. The van der Waals surface area contributed by atoms with Crippen molar-refractivity contribution in [2.45, 2.75) is 19.5 Å². The highest BCUT2D eigenvalue weighted by Crippen LogP contribution is 2.19. The minimum absolute atomic E-state index is 0.0951. The number of hydrogen-bond donors (Lipinski definition) is 2. The lowest BCUT2D eigenvalue weighted by atomic mass is 10.1. The Balaban J connectivity index is 2.11. The van der Waals surface area contributed by atoms with Crippen molar-refractivity contribution in [3.05, 3.63) is 47.5 Å². The number of aromatic nitrogens is 3. The molecule has 0 fully saturated rings. The molecule has 0 aliphatic heterocycles. The van der Waals surface area contributed by atoms with Crippen molar-refractivity contribution in [2.24, 2.45) is 0 Å². The Labute approximate surface area is 111 Å². The van der Waals surface area contributed by atoms with E-state index in [0.29, 0.717) is 12.1 Å². The molecule has 6 nitrogen and oxygen atoms in total. The molecular formula is C13H16N4O2. The average molecular weight is 260 g/mol. The van der Waals surface area contributed by atoms with Crippen molar-refractivity contribution in [1.82, 2.24) is 20.1 Å². The second-order valence-electron chi connectivity index (χ2n) is 4.42. The first-order chi connectivity index (χ1) is 9.09. The number of nitrogens with zero attached hydrogens (tertiary/aromatic N) is 3. The van der Waals surface area contributed by atoms with Gasteiger partial charge in [-0.15, -0.1) is 0 Å². The molecule has 100 valence electrons. The van der Waals surface area contributed by atoms with Crippen LogP contribution < -0.4 is 0 Å². The highest BCUT2D eigenvalue weighted by molar-refractivity contribution is 5.86. The number of aromatic carboxylic acids is 1. The quantitative estimate of drug-likeness (QED) is 0.855. The summed E-state index contributed by atoms with van der Waals surface area (Å²) in [5.74, 6) is -0.994. The van der Waals surface area contributed by atoms with Gasteiger partial charge in [0.25, 0.3) is 0 Å². The third kappa shape index (κ3) is 2.97. The van der Waals surface area contributed by atoms with E-state index >= 15 is 0 Å². The molecule has 2 rings (SSSR count). The van der Waals surface area contributed by atoms with Crippen LogP contribution in [0.3, 0.4) is 0 Å². The molecule has 2 N–H and O–H groups in total. The van der Waals surface area contributed by atoms with Gasteiger partial charge in [0, 0.05) is 24.3 Å². The van der Waals surface area contributed by atoms with Gasteiger partial charge in [0.05, 0.1) is 11.9 Å². The zero-order valence-electron chi connectivity index (χ0n) is 10.9. The first kappa shape index (κ1) is 13.2. The summed E-state index contributed by atoms with van der Waals surface area (Å²) in [6.45, 7) is 2.53. The maximum absolute atomic E-state index is 11.0. The minimum Gasteiger partial charge on any atom is -0.477 e. The van der Waals surface area contributed by atoms with E-state index in [0.717, 1.165) is 5.69 Å². The van der Waals surface area contributed by atoms with Crippen molar-refractivity contribution < 1.29 is 9.90 Å². The maximum atomic E-state index is 11.0. The molecule has 2 aromatic rings. The Morgan fingerprint density at radius 3 is 2.95 bits per heavy atom. The SMILES string of the molecule is CC(c1ccccn1)N(C)Cc1cn[nH]c1C(=O)O. The van der Waals surface area contributed by atoms with Gasteiger partial charge in [0.1, 0.15) is 5.69 Å². The van der Waals surface area contributed by atoms with Crippen molar-refractivity contribution in [3.63, 3.8) is 0 Å². The van der Waals surface area contributed by atoms with Gasteiger partial charge in [-0.25, -0.2) is 4.79 Å². The molecule has 0 aliphatic carbocycles. The summed E-state index contributed by atoms with van der Waals surface area (Å²) in [5.41, 5.74) is 1.75. The highest BCUT2D eigenvalue weighted by atomic mass is 16.4. The largest absolute Gasteiger partial charge is 0.477 e. The molecule has 2 aromatic heterocycles. The highest BCUT2D eigenvalue weighted by Gasteiger charge is 2.18. The van der Waals surface area contributed by atoms with E-state index in [-0.39, 0.29) is 11.7 Å². The second-order valence-corrected chi connectivity index (χ2v) is 4.42. The fraction of sp³-hybridized carbons (Fsp3) is 0.308. The summed E-state index contributed by atoms with van der Waals surface area (Å²) in [4.78, 5) is 17.3. The van der Waals surface area contributed by atoms with Crippen LogP contribution in [0.15, 0.2) is 30.6 Å². The van der Waals surface area contributed by atoms with Crippen LogP contribution in [0.1, 0.15) is 34.7 Å². The number of nitrogens with one attached hydrogen (secondary N) is 1. The van der Waals surface area contributed by atoms with E-state index in [1.165, 1.54) is 0 Å². The van der Waals surface area contributed by atoms with Gasteiger partial charge in [-0.3, -0.25) is 15.0 Å². The lowest BCUT2D eigenvalue weighted by molar-refractivity contribution is 0.0688. The van der Waals surface area contributed by atoms with E-state index in [2.05, 4.69) is 15.2 Å². The molecule has 19 heavy (non-hydrogen) atoms. The Morgan fingerprint density at radius 1 is 1.53 bits per heavy atom. The number of pyridine rings is 1. The number of carbonyl (C=O) groups is 1. The zero-order valence-corrected chi connectivity index (χ0v) is 10.9. The lowest BCUT2D eigenvalue weighted by Crippen LogP contribution is -2.23. The molecule has 1 unspecified atom stereocenters. The van der Waals surface area contributed by atoms with Gasteiger partial charge in [-0.1, -0.05) is 6.07 Å². The second kappa shape index (κ2) is 5.62. The van der Waals surface area contributed by atoms with Crippen molar-refractivity contribution in [1.29, 1.82) is 0 Å². The molecule has 0 saturated carbocycles. The number of carboxylic acids is 1. The third-order valence-electron chi connectivity index (χ3n) is 3.13. The molecule has 2 heterocycles. The number of carboxylic acid groups (broad SMARTS) is 1. The Hall–Kier alpha value is -2.21. The van der Waals surface area contributed by atoms with Crippen molar-refractivity contribution in [3.8, 4) is 0 Å². The molecule has 0 aliphatic rings. The van der Waals surface area contributed by atoms with Gasteiger partial charge in [-0.05, 0) is 26.1 Å². The average Bonchev–Trinajstić information content (AvgIpc) is 2.87. The summed E-state index contributed by atoms with van der Waals surface area (Å²) in [7, 11) is 1.93. The summed E-state index contributed by atoms with van der Waals surface area (Å²) < 4.78 is 0. The van der Waals surface area contributed by atoms with Crippen LogP contribution in [0.2, 0.25) is 0 Å². The molecule has 0 bridgehead atoms. The number of rotatable bonds is 5. The summed E-state index contributed by atoms with van der Waals surface area (Å²) in [6, 6.07) is 5.86. The molecular weight excluding hydrogens is 244 g/mol. The van der Waals surface area contributed by atoms with Crippen LogP contribution in [0, 0.1) is 0 Å². The Morgan fingerprint density at radius 2 is 2.32 bits per heavy atom. The van der Waals surface area contributed by atoms with E-state index < -0.39 is 5.97 Å². The fourth-order valence-corrected chi connectivity index (χ4v) is 1.87. The van der Waals surface area contributed by atoms with Crippen LogP contribution in [0.5, 0.6) is 0 Å². The van der Waals surface area contributed by atoms with Gasteiger partial charge >= 0.3 is 5.97 Å². The molecule has 0 aromatic carbocycles. The van der Waals surface area contributed by atoms with Gasteiger partial charge in [0.15, 0.2) is 0 Å². The van der Waals surface area contributed by atoms with Crippen molar-refractivity contribution in [2.75, 3.05) is 7.05 Å². The summed E-state index contributed by atoms with van der Waals surface area (Å²) in [5, 5.41) is 15.3. The van der Waals surface area contributed by atoms with Crippen molar-refractivity contribution >= 4 is 5.97 Å². The normalized spacial score (nSPS) is 12.6. The molecule has 0 radical (unpaired) electrons. The Bertz CT molecular complexity index is 553. The lowest BCUT2D eigenvalue weighted by Gasteiger charge is -2.23. The minimum atomic E-state index is -0.994. The predicted molar refractivity (Wildman–Crippen MR) is 69.7 cm³/mol. The molecule has 0 spiro atoms. The maximum Gasteiger partial charge on any atom is 0.354 e. The smallest absolute Gasteiger partial charge is 0.354 e. The first-order valence-corrected chi connectivity index (χ1v) is 5.96. The summed E-state index contributed by atoms with van der Waals surface area (Å²) in [6.07, 6.45) is 3.30. The summed E-state index contributed by atoms with van der Waals surface area (Å²) >= 11 is 0. The fourth-order valence-electron chi connectivity index (χ4n) is 1.87. The monoisotopic (exact) mass is 260 g/mol. The predicted octanol–water partition coefficient (Wildman–Crippen LogP) is 1.70. The van der Waals surface area contributed by atoms with Crippen LogP contribution in [-0.2, 0) is 6.54 Å². The number of aromatic amines is 1. The van der Waals surface area contributed by atoms with Crippen LogP contribution >= 0.6 is 0 Å². The molecule has 0 amide bonds. The standard InChI is InChI=1S/C13H16N4O2/c1-9(11-5-3-4-6-14-11)17(2)8-10-7-15-16-12(10)13(18)19/h3-7,9H,8H2,1-2H3,(H,15,16)(H,18,19). The van der Waals surface area contributed by atoms with Crippen LogP contribution in [0.4, 0.5) is 0 Å². The molecule has 0 saturated heterocycles. The van der Waals surface area contributed by atoms with Gasteiger partial charge in [-0.2, -0.15) is 5.10 Å². The van der Waals surface area contributed by atoms with E-state index in [1.54, 1.807) is 12.4 Å². The zero-order chi connectivity index (χ0) is 13.8. The van der Waals surface area contributed by atoms with Gasteiger partial charge in [0.2, 0.25) is 0 Å². The molecule has 6 heteroatoms. The first-order valence-electron chi connectivity index (χ1n) is 5.96. The Kier molecular flexibility index (Phi) is 3.91. The number of H-pyrrole nitrogens is 1. The van der Waals surface area contributed by atoms with E-state index in [4.69, 9.17) is 5.11 Å². The number of hydrogen-bond acceptors (Lipinski definition) is 4. The van der Waals surface area contributed by atoms with Crippen LogP contribution in [0.25, 0.3) is 0 Å².